The molecule has 1 unspecified atom stereocenters. The molecule has 2 rings (SSSR count). The first-order valence-electron chi connectivity index (χ1n) is 5.77. The van der Waals surface area contributed by atoms with Crippen molar-refractivity contribution < 1.29 is 0 Å². The fraction of sp³-hybridized carbons (Fsp3) is 0.462. The van der Waals surface area contributed by atoms with E-state index in [0.29, 0.717) is 12.2 Å². The van der Waals surface area contributed by atoms with Gasteiger partial charge in [-0.25, -0.2) is 5.01 Å². The van der Waals surface area contributed by atoms with Crippen LogP contribution in [0.15, 0.2) is 29.4 Å². The lowest BCUT2D eigenvalue weighted by Gasteiger charge is -2.30. The van der Waals surface area contributed by atoms with Gasteiger partial charge >= 0.3 is 0 Å². The average molecular weight is 217 g/mol. The van der Waals surface area contributed by atoms with Crippen LogP contribution < -0.4 is 5.01 Å². The van der Waals surface area contributed by atoms with E-state index in [9.17, 15) is 0 Å². The fourth-order valence-electron chi connectivity index (χ4n) is 2.08. The Morgan fingerprint density at radius 3 is 2.50 bits per heavy atom. The topological polar surface area (TPSA) is 18.8 Å². The van der Waals surface area contributed by atoms with E-state index in [0.717, 1.165) is 0 Å². The third kappa shape index (κ3) is 1.77. The second-order valence-corrected chi connectivity index (χ2v) is 4.53. The van der Waals surface area contributed by atoms with Gasteiger partial charge < -0.3 is 4.90 Å². The van der Waals surface area contributed by atoms with Gasteiger partial charge in [-0.1, -0.05) is 18.2 Å². The lowest BCUT2D eigenvalue weighted by Crippen LogP contribution is -2.41. The maximum absolute atomic E-state index is 4.48. The lowest BCUT2D eigenvalue weighted by atomic mass is 10.2. The molecule has 1 aromatic carbocycles. The van der Waals surface area contributed by atoms with E-state index in [1.807, 2.05) is 6.34 Å². The monoisotopic (exact) mass is 217 g/mol. The molecule has 1 heterocycles. The first-order valence-corrected chi connectivity index (χ1v) is 5.77. The molecular weight excluding hydrogens is 198 g/mol. The van der Waals surface area contributed by atoms with Crippen LogP contribution in [-0.4, -0.2) is 23.4 Å². The van der Waals surface area contributed by atoms with Gasteiger partial charge in [-0.15, -0.1) is 0 Å². The summed E-state index contributed by atoms with van der Waals surface area (Å²) < 4.78 is 0. The molecular formula is C13H19N3. The second-order valence-electron chi connectivity index (χ2n) is 4.53. The summed E-state index contributed by atoms with van der Waals surface area (Å²) in [5.41, 5.74) is 2.45. The Morgan fingerprint density at radius 1 is 1.25 bits per heavy atom. The SMILES string of the molecule is Cc1ccccc1N1N=CN(C(C)C)C1C. The zero-order valence-electron chi connectivity index (χ0n) is 10.4. The van der Waals surface area contributed by atoms with Crippen LogP contribution in [0.25, 0.3) is 0 Å². The number of hydrazone groups is 1. The van der Waals surface area contributed by atoms with E-state index in [1.165, 1.54) is 11.3 Å². The van der Waals surface area contributed by atoms with Crippen LogP contribution in [0.1, 0.15) is 26.3 Å². The van der Waals surface area contributed by atoms with Crippen LogP contribution in [0.5, 0.6) is 0 Å². The summed E-state index contributed by atoms with van der Waals surface area (Å²) in [6.45, 7) is 8.67. The van der Waals surface area contributed by atoms with Gasteiger partial charge in [0.2, 0.25) is 0 Å². The Bertz CT molecular complexity index is 398. The van der Waals surface area contributed by atoms with Crippen molar-refractivity contribution >= 4 is 12.0 Å². The van der Waals surface area contributed by atoms with Gasteiger partial charge in [-0.05, 0) is 39.3 Å². The van der Waals surface area contributed by atoms with Crippen LogP contribution in [0.4, 0.5) is 5.69 Å². The van der Waals surface area contributed by atoms with E-state index in [-0.39, 0.29) is 0 Å². The van der Waals surface area contributed by atoms with E-state index >= 15 is 0 Å². The van der Waals surface area contributed by atoms with E-state index in [1.54, 1.807) is 0 Å². The van der Waals surface area contributed by atoms with Crippen molar-refractivity contribution in [1.29, 1.82) is 0 Å². The molecule has 0 aliphatic carbocycles. The molecule has 0 aromatic heterocycles. The molecule has 0 saturated carbocycles. The number of para-hydroxylation sites is 1. The molecule has 0 amide bonds. The van der Waals surface area contributed by atoms with Crippen molar-refractivity contribution in [2.75, 3.05) is 5.01 Å². The number of hydrogen-bond acceptors (Lipinski definition) is 3. The molecule has 1 aliphatic rings. The predicted molar refractivity (Wildman–Crippen MR) is 68.6 cm³/mol. The standard InChI is InChI=1S/C13H19N3/c1-10(2)15-9-14-16(12(15)4)13-8-6-5-7-11(13)3/h5-10,12H,1-4H3. The highest BCUT2D eigenvalue weighted by atomic mass is 15.6. The van der Waals surface area contributed by atoms with Gasteiger partial charge in [-0.2, -0.15) is 5.10 Å². The van der Waals surface area contributed by atoms with E-state index in [4.69, 9.17) is 0 Å². The molecule has 3 nitrogen and oxygen atoms in total. The molecule has 1 aromatic rings. The molecule has 16 heavy (non-hydrogen) atoms. The fourth-order valence-corrected chi connectivity index (χ4v) is 2.08. The Labute approximate surface area is 97.4 Å². The summed E-state index contributed by atoms with van der Waals surface area (Å²) in [7, 11) is 0. The highest BCUT2D eigenvalue weighted by Crippen LogP contribution is 2.26. The molecule has 3 heteroatoms. The third-order valence-electron chi connectivity index (χ3n) is 3.05. The smallest absolute Gasteiger partial charge is 0.121 e. The highest BCUT2D eigenvalue weighted by molar-refractivity contribution is 5.66. The Kier molecular flexibility index (Phi) is 2.86. The van der Waals surface area contributed by atoms with Gasteiger partial charge in [0, 0.05) is 6.04 Å². The molecule has 86 valence electrons. The minimum absolute atomic E-state index is 0.293. The molecule has 0 spiro atoms. The van der Waals surface area contributed by atoms with Gasteiger partial charge in [0.15, 0.2) is 0 Å². The minimum atomic E-state index is 0.293. The van der Waals surface area contributed by atoms with Gasteiger partial charge in [0.25, 0.3) is 0 Å². The molecule has 0 bridgehead atoms. The lowest BCUT2D eigenvalue weighted by molar-refractivity contribution is 0.301. The first kappa shape index (κ1) is 11.0. The van der Waals surface area contributed by atoms with Crippen molar-refractivity contribution in [2.45, 2.75) is 39.9 Å². The number of aryl methyl sites for hydroxylation is 1. The first-order chi connectivity index (χ1) is 7.61. The number of benzene rings is 1. The van der Waals surface area contributed by atoms with Crippen molar-refractivity contribution in [3.8, 4) is 0 Å². The molecule has 0 N–H and O–H groups in total. The quantitative estimate of drug-likeness (QED) is 0.758. The zero-order chi connectivity index (χ0) is 11.7. The van der Waals surface area contributed by atoms with Crippen molar-refractivity contribution in [2.24, 2.45) is 5.10 Å². The largest absolute Gasteiger partial charge is 0.337 e. The van der Waals surface area contributed by atoms with Gasteiger partial charge in [0.05, 0.1) is 5.69 Å². The van der Waals surface area contributed by atoms with E-state index in [2.05, 4.69) is 67.0 Å². The maximum Gasteiger partial charge on any atom is 0.121 e. The van der Waals surface area contributed by atoms with Crippen LogP contribution >= 0.6 is 0 Å². The summed E-state index contributed by atoms with van der Waals surface area (Å²) in [6.07, 6.45) is 2.22. The van der Waals surface area contributed by atoms with Crippen molar-refractivity contribution in [1.82, 2.24) is 4.90 Å². The van der Waals surface area contributed by atoms with Crippen LogP contribution in [0.2, 0.25) is 0 Å². The molecule has 1 atom stereocenters. The Hall–Kier alpha value is -1.51. The Balaban J connectivity index is 2.26. The third-order valence-corrected chi connectivity index (χ3v) is 3.05. The predicted octanol–water partition coefficient (Wildman–Crippen LogP) is 2.81. The maximum atomic E-state index is 4.48. The summed E-state index contributed by atoms with van der Waals surface area (Å²) in [5, 5.41) is 6.56. The number of anilines is 1. The molecule has 0 saturated heterocycles. The normalized spacial score (nSPS) is 19.9. The number of nitrogens with zero attached hydrogens (tertiary/aromatic N) is 3. The zero-order valence-corrected chi connectivity index (χ0v) is 10.4. The molecule has 0 radical (unpaired) electrons. The molecule has 1 aliphatic heterocycles. The van der Waals surface area contributed by atoms with Crippen molar-refractivity contribution in [3.05, 3.63) is 29.8 Å². The summed E-state index contributed by atoms with van der Waals surface area (Å²) in [4.78, 5) is 2.26. The van der Waals surface area contributed by atoms with Gasteiger partial charge in [-0.3, -0.25) is 0 Å². The minimum Gasteiger partial charge on any atom is -0.337 e. The second kappa shape index (κ2) is 4.16. The highest BCUT2D eigenvalue weighted by Gasteiger charge is 2.26. The summed E-state index contributed by atoms with van der Waals surface area (Å²) in [6, 6.07) is 8.84. The average Bonchev–Trinajstić information content (AvgIpc) is 2.61. The van der Waals surface area contributed by atoms with Crippen LogP contribution in [0.3, 0.4) is 0 Å². The van der Waals surface area contributed by atoms with Gasteiger partial charge in [0.1, 0.15) is 12.5 Å². The summed E-state index contributed by atoms with van der Waals surface area (Å²) in [5.74, 6) is 0. The number of hydrogen-bond donors (Lipinski definition) is 0. The van der Waals surface area contributed by atoms with Crippen molar-refractivity contribution in [3.63, 3.8) is 0 Å². The Morgan fingerprint density at radius 2 is 1.94 bits per heavy atom. The van der Waals surface area contributed by atoms with Crippen LogP contribution in [-0.2, 0) is 0 Å². The van der Waals surface area contributed by atoms with E-state index < -0.39 is 0 Å². The number of rotatable bonds is 2. The molecule has 0 fully saturated rings. The summed E-state index contributed by atoms with van der Waals surface area (Å²) >= 11 is 0. The van der Waals surface area contributed by atoms with Crippen LogP contribution in [0, 0.1) is 6.92 Å².